The number of hydrogen-bond acceptors (Lipinski definition) is 0. The second-order valence-electron chi connectivity index (χ2n) is 3.49. The van der Waals surface area contributed by atoms with Crippen molar-refractivity contribution >= 4 is 7.28 Å². The molecule has 0 rings (SSSR count). The second-order valence-corrected chi connectivity index (χ2v) is 3.49. The highest BCUT2D eigenvalue weighted by Gasteiger charge is 2.03. The standard InChI is InChI=1S/C12H20B/c1-6-10(3)11(4)8-9-13-12(5)7-2/h6-7,11H,2,5,8-9H2,1,3-4H3/b10-6+. The van der Waals surface area contributed by atoms with Crippen molar-refractivity contribution in [2.75, 3.05) is 0 Å². The first kappa shape index (κ1) is 12.3. The van der Waals surface area contributed by atoms with Gasteiger partial charge in [-0.1, -0.05) is 49.4 Å². The van der Waals surface area contributed by atoms with Crippen LogP contribution in [0, 0.1) is 5.92 Å². The zero-order valence-corrected chi connectivity index (χ0v) is 9.14. The van der Waals surface area contributed by atoms with Gasteiger partial charge in [0.05, 0.1) is 0 Å². The largest absolute Gasteiger partial charge is 0.150 e. The van der Waals surface area contributed by atoms with Gasteiger partial charge in [0.15, 0.2) is 7.28 Å². The SMILES string of the molecule is C=CC(=C)[B]CCC(C)/C(C)=C/C. The third kappa shape index (κ3) is 5.51. The van der Waals surface area contributed by atoms with Crippen molar-refractivity contribution in [1.29, 1.82) is 0 Å². The number of hydrogen-bond donors (Lipinski definition) is 0. The number of rotatable bonds is 6. The van der Waals surface area contributed by atoms with Crippen molar-refractivity contribution < 1.29 is 0 Å². The van der Waals surface area contributed by atoms with Crippen molar-refractivity contribution in [3.05, 3.63) is 36.4 Å². The Labute approximate surface area is 83.7 Å². The average Bonchev–Trinajstić information content (AvgIpc) is 2.15. The lowest BCUT2D eigenvalue weighted by Gasteiger charge is -2.10. The van der Waals surface area contributed by atoms with Crippen molar-refractivity contribution in [2.24, 2.45) is 5.92 Å². The fourth-order valence-corrected chi connectivity index (χ4v) is 1.11. The Hall–Kier alpha value is -0.715. The Morgan fingerprint density at radius 2 is 2.15 bits per heavy atom. The monoisotopic (exact) mass is 175 g/mol. The van der Waals surface area contributed by atoms with E-state index in [2.05, 4.69) is 47.3 Å². The highest BCUT2D eigenvalue weighted by molar-refractivity contribution is 6.46. The smallest absolute Gasteiger partial charge is 0.105 e. The second kappa shape index (κ2) is 6.76. The van der Waals surface area contributed by atoms with E-state index in [1.54, 1.807) is 6.08 Å². The Bertz CT molecular complexity index is 201. The molecule has 0 saturated heterocycles. The Kier molecular flexibility index (Phi) is 6.39. The molecule has 1 unspecified atom stereocenters. The Balaban J connectivity index is 3.65. The van der Waals surface area contributed by atoms with Gasteiger partial charge in [-0.15, -0.1) is 6.58 Å². The normalized spacial score (nSPS) is 13.6. The van der Waals surface area contributed by atoms with E-state index in [9.17, 15) is 0 Å². The summed E-state index contributed by atoms with van der Waals surface area (Å²) in [5, 5.41) is 0. The lowest BCUT2D eigenvalue weighted by Crippen LogP contribution is -2.00. The molecule has 71 valence electrons. The molecule has 0 aromatic rings. The van der Waals surface area contributed by atoms with Crippen molar-refractivity contribution in [1.82, 2.24) is 0 Å². The van der Waals surface area contributed by atoms with E-state index in [1.807, 2.05) is 0 Å². The maximum Gasteiger partial charge on any atom is 0.150 e. The summed E-state index contributed by atoms with van der Waals surface area (Å²) < 4.78 is 0. The van der Waals surface area contributed by atoms with Crippen LogP contribution in [-0.2, 0) is 0 Å². The van der Waals surface area contributed by atoms with E-state index < -0.39 is 0 Å². The minimum atomic E-state index is 0.680. The summed E-state index contributed by atoms with van der Waals surface area (Å²) in [5.74, 6) is 0.680. The quantitative estimate of drug-likeness (QED) is 0.327. The van der Waals surface area contributed by atoms with Crippen LogP contribution < -0.4 is 0 Å². The predicted octanol–water partition coefficient (Wildman–Crippen LogP) is 3.80. The third-order valence-electron chi connectivity index (χ3n) is 2.50. The molecule has 0 spiro atoms. The van der Waals surface area contributed by atoms with E-state index in [4.69, 9.17) is 0 Å². The lowest BCUT2D eigenvalue weighted by atomic mass is 9.65. The molecule has 0 aliphatic heterocycles. The van der Waals surface area contributed by atoms with E-state index in [1.165, 1.54) is 12.0 Å². The van der Waals surface area contributed by atoms with E-state index in [0.717, 1.165) is 11.8 Å². The molecule has 0 nitrogen and oxygen atoms in total. The van der Waals surface area contributed by atoms with Crippen molar-refractivity contribution in [3.63, 3.8) is 0 Å². The van der Waals surface area contributed by atoms with Crippen LogP contribution in [0.5, 0.6) is 0 Å². The molecule has 0 aliphatic rings. The van der Waals surface area contributed by atoms with Gasteiger partial charge in [0.2, 0.25) is 0 Å². The van der Waals surface area contributed by atoms with Crippen LogP contribution in [0.1, 0.15) is 27.2 Å². The molecule has 0 bridgehead atoms. The van der Waals surface area contributed by atoms with Crippen LogP contribution in [0.15, 0.2) is 36.4 Å². The van der Waals surface area contributed by atoms with Crippen LogP contribution in [0.4, 0.5) is 0 Å². The van der Waals surface area contributed by atoms with Crippen molar-refractivity contribution in [2.45, 2.75) is 33.5 Å². The molecule has 1 radical (unpaired) electrons. The number of allylic oxidation sites excluding steroid dienone is 4. The molecule has 13 heavy (non-hydrogen) atoms. The van der Waals surface area contributed by atoms with Gasteiger partial charge in [0.1, 0.15) is 0 Å². The van der Waals surface area contributed by atoms with Crippen LogP contribution in [0.3, 0.4) is 0 Å². The van der Waals surface area contributed by atoms with Gasteiger partial charge >= 0.3 is 0 Å². The van der Waals surface area contributed by atoms with Gasteiger partial charge in [0, 0.05) is 0 Å². The maximum absolute atomic E-state index is 3.85. The fraction of sp³-hybridized carbons (Fsp3) is 0.500. The lowest BCUT2D eigenvalue weighted by molar-refractivity contribution is 0.652. The van der Waals surface area contributed by atoms with E-state index in [0.29, 0.717) is 5.92 Å². The predicted molar refractivity (Wildman–Crippen MR) is 63.1 cm³/mol. The fourth-order valence-electron chi connectivity index (χ4n) is 1.11. The van der Waals surface area contributed by atoms with Gasteiger partial charge in [0.25, 0.3) is 0 Å². The topological polar surface area (TPSA) is 0 Å². The summed E-state index contributed by atoms with van der Waals surface area (Å²) in [6.45, 7) is 14.1. The van der Waals surface area contributed by atoms with Crippen LogP contribution in [0.25, 0.3) is 0 Å². The van der Waals surface area contributed by atoms with Gasteiger partial charge in [-0.2, -0.15) is 0 Å². The van der Waals surface area contributed by atoms with Crippen LogP contribution >= 0.6 is 0 Å². The summed E-state index contributed by atoms with van der Waals surface area (Å²) in [4.78, 5) is 0. The highest BCUT2D eigenvalue weighted by atomic mass is 14.0. The molecule has 0 aliphatic carbocycles. The molecule has 0 aromatic heterocycles. The molecule has 0 fully saturated rings. The highest BCUT2D eigenvalue weighted by Crippen LogP contribution is 2.16. The van der Waals surface area contributed by atoms with Crippen LogP contribution in [0.2, 0.25) is 6.32 Å². The maximum atomic E-state index is 3.85. The molecule has 1 atom stereocenters. The molecular weight excluding hydrogens is 155 g/mol. The summed E-state index contributed by atoms with van der Waals surface area (Å²) in [5.41, 5.74) is 2.50. The van der Waals surface area contributed by atoms with Crippen molar-refractivity contribution in [3.8, 4) is 0 Å². The van der Waals surface area contributed by atoms with Gasteiger partial charge in [-0.05, 0) is 19.8 Å². The zero-order chi connectivity index (χ0) is 10.3. The summed E-state index contributed by atoms with van der Waals surface area (Å²) in [6, 6.07) is 0. The van der Waals surface area contributed by atoms with E-state index >= 15 is 0 Å². The first-order valence-electron chi connectivity index (χ1n) is 4.89. The molecular formula is C12H20B. The molecule has 0 aromatic carbocycles. The molecule has 1 heteroatoms. The first-order chi connectivity index (χ1) is 6.11. The summed E-state index contributed by atoms with van der Waals surface area (Å²) >= 11 is 0. The third-order valence-corrected chi connectivity index (χ3v) is 2.50. The molecule has 0 N–H and O–H groups in total. The summed E-state index contributed by atoms with van der Waals surface area (Å²) in [6.07, 6.45) is 6.28. The molecule has 0 amide bonds. The minimum absolute atomic E-state index is 0.680. The molecule has 0 saturated carbocycles. The molecule has 0 heterocycles. The zero-order valence-electron chi connectivity index (χ0n) is 9.14. The van der Waals surface area contributed by atoms with Gasteiger partial charge in [-0.3, -0.25) is 0 Å². The minimum Gasteiger partial charge on any atom is -0.105 e. The van der Waals surface area contributed by atoms with Gasteiger partial charge < -0.3 is 0 Å². The first-order valence-corrected chi connectivity index (χ1v) is 4.89. The Morgan fingerprint density at radius 3 is 2.62 bits per heavy atom. The van der Waals surface area contributed by atoms with Gasteiger partial charge in [-0.25, -0.2) is 0 Å². The average molecular weight is 175 g/mol. The summed E-state index contributed by atoms with van der Waals surface area (Å²) in [7, 11) is 2.15. The Morgan fingerprint density at radius 1 is 1.54 bits per heavy atom. The van der Waals surface area contributed by atoms with E-state index in [-0.39, 0.29) is 0 Å². The van der Waals surface area contributed by atoms with Crippen LogP contribution in [-0.4, -0.2) is 7.28 Å².